The molecule has 1 amide bonds. The largest absolute Gasteiger partial charge is 0.493 e. The van der Waals surface area contributed by atoms with Crippen LogP contribution < -0.4 is 4.74 Å². The van der Waals surface area contributed by atoms with Crippen LogP contribution in [-0.4, -0.2) is 56.7 Å². The molecular formula is C22H26FN5O3. The zero-order chi connectivity index (χ0) is 22.0. The highest BCUT2D eigenvalue weighted by atomic mass is 19.1. The first-order chi connectivity index (χ1) is 14.9. The summed E-state index contributed by atoms with van der Waals surface area (Å²) in [5.74, 6) is 0.296. The van der Waals surface area contributed by atoms with Crippen molar-refractivity contribution in [2.45, 2.75) is 19.4 Å². The van der Waals surface area contributed by atoms with E-state index in [9.17, 15) is 9.18 Å². The van der Waals surface area contributed by atoms with Crippen molar-refractivity contribution in [3.8, 4) is 5.75 Å². The van der Waals surface area contributed by atoms with Gasteiger partial charge >= 0.3 is 0 Å². The number of hydrogen-bond acceptors (Lipinski definition) is 5. The van der Waals surface area contributed by atoms with Gasteiger partial charge in [-0.1, -0.05) is 0 Å². The Morgan fingerprint density at radius 2 is 2.03 bits per heavy atom. The van der Waals surface area contributed by atoms with Gasteiger partial charge in [-0.3, -0.25) is 14.2 Å². The Labute approximate surface area is 180 Å². The highest BCUT2D eigenvalue weighted by Gasteiger charge is 2.29. The Balaban J connectivity index is 1.38. The van der Waals surface area contributed by atoms with Gasteiger partial charge in [0.15, 0.2) is 0 Å². The second-order valence-corrected chi connectivity index (χ2v) is 7.65. The van der Waals surface area contributed by atoms with Gasteiger partial charge in [0.25, 0.3) is 5.91 Å². The molecule has 164 valence electrons. The summed E-state index contributed by atoms with van der Waals surface area (Å²) in [6.45, 7) is 3.71. The molecule has 0 bridgehead atoms. The van der Waals surface area contributed by atoms with Crippen LogP contribution in [0.1, 0.15) is 33.5 Å². The number of hydrogen-bond donors (Lipinski definition) is 0. The van der Waals surface area contributed by atoms with E-state index in [0.717, 1.165) is 17.1 Å². The average Bonchev–Trinajstić information content (AvgIpc) is 3.30. The predicted octanol–water partition coefficient (Wildman–Crippen LogP) is 2.44. The van der Waals surface area contributed by atoms with Crippen molar-refractivity contribution in [3.05, 3.63) is 65.0 Å². The third-order valence-electron chi connectivity index (χ3n) is 5.36. The molecule has 0 aliphatic carbocycles. The van der Waals surface area contributed by atoms with Crippen molar-refractivity contribution in [3.63, 3.8) is 0 Å². The van der Waals surface area contributed by atoms with Gasteiger partial charge in [-0.2, -0.15) is 10.2 Å². The molecule has 1 fully saturated rings. The maximum Gasteiger partial charge on any atom is 0.257 e. The van der Waals surface area contributed by atoms with Gasteiger partial charge in [0, 0.05) is 39.0 Å². The van der Waals surface area contributed by atoms with E-state index in [0.29, 0.717) is 44.0 Å². The molecule has 1 saturated heterocycles. The third kappa shape index (κ3) is 4.77. The molecular weight excluding hydrogens is 401 g/mol. The van der Waals surface area contributed by atoms with Gasteiger partial charge in [0.1, 0.15) is 17.7 Å². The Hall–Kier alpha value is -3.20. The SMILES string of the molecule is Cc1nn(C)cc1C(=O)N1CCO[C@H](c2cc(CCOc3ccc(F)cc3)n(C)n2)C1. The Morgan fingerprint density at radius 1 is 1.26 bits per heavy atom. The summed E-state index contributed by atoms with van der Waals surface area (Å²) in [4.78, 5) is 14.7. The van der Waals surface area contributed by atoms with Crippen molar-refractivity contribution in [2.24, 2.45) is 14.1 Å². The first-order valence-electron chi connectivity index (χ1n) is 10.2. The minimum atomic E-state index is -0.290. The summed E-state index contributed by atoms with van der Waals surface area (Å²) in [6.07, 6.45) is 2.11. The van der Waals surface area contributed by atoms with Crippen LogP contribution in [0.3, 0.4) is 0 Å². The lowest BCUT2D eigenvalue weighted by Gasteiger charge is -2.32. The van der Waals surface area contributed by atoms with Gasteiger partial charge in [-0.05, 0) is 37.3 Å². The number of morpholine rings is 1. The molecule has 0 saturated carbocycles. The number of benzene rings is 1. The number of ether oxygens (including phenoxy) is 2. The van der Waals surface area contributed by atoms with Crippen LogP contribution in [0, 0.1) is 12.7 Å². The van der Waals surface area contributed by atoms with E-state index >= 15 is 0 Å². The Bertz CT molecular complexity index is 1060. The van der Waals surface area contributed by atoms with Gasteiger partial charge in [-0.25, -0.2) is 4.39 Å². The van der Waals surface area contributed by atoms with Crippen LogP contribution in [0.15, 0.2) is 36.5 Å². The zero-order valence-corrected chi connectivity index (χ0v) is 17.9. The fourth-order valence-electron chi connectivity index (χ4n) is 3.72. The molecule has 1 aliphatic heterocycles. The van der Waals surface area contributed by atoms with Gasteiger partial charge in [-0.15, -0.1) is 0 Å². The van der Waals surface area contributed by atoms with Crippen LogP contribution in [0.5, 0.6) is 5.75 Å². The Kier molecular flexibility index (Phi) is 6.03. The highest BCUT2D eigenvalue weighted by molar-refractivity contribution is 5.95. The lowest BCUT2D eigenvalue weighted by Crippen LogP contribution is -2.42. The minimum Gasteiger partial charge on any atom is -0.493 e. The summed E-state index contributed by atoms with van der Waals surface area (Å²) in [5, 5.41) is 8.86. The first kappa shape index (κ1) is 21.0. The molecule has 1 aliphatic rings. The molecule has 2 aromatic heterocycles. The number of rotatable bonds is 6. The lowest BCUT2D eigenvalue weighted by molar-refractivity contribution is -0.0249. The van der Waals surface area contributed by atoms with Crippen LogP contribution in [-0.2, 0) is 25.3 Å². The zero-order valence-electron chi connectivity index (χ0n) is 17.9. The fraction of sp³-hybridized carbons (Fsp3) is 0.409. The number of carbonyl (C=O) groups is 1. The van der Waals surface area contributed by atoms with E-state index < -0.39 is 0 Å². The first-order valence-corrected chi connectivity index (χ1v) is 10.2. The smallest absolute Gasteiger partial charge is 0.257 e. The molecule has 1 aromatic carbocycles. The molecule has 0 N–H and O–H groups in total. The monoisotopic (exact) mass is 427 g/mol. The highest BCUT2D eigenvalue weighted by Crippen LogP contribution is 2.24. The van der Waals surface area contributed by atoms with Crippen molar-refractivity contribution in [1.29, 1.82) is 0 Å². The molecule has 9 heteroatoms. The van der Waals surface area contributed by atoms with E-state index in [1.165, 1.54) is 12.1 Å². The topological polar surface area (TPSA) is 74.4 Å². The molecule has 31 heavy (non-hydrogen) atoms. The second-order valence-electron chi connectivity index (χ2n) is 7.65. The molecule has 3 aromatic rings. The molecule has 3 heterocycles. The maximum absolute atomic E-state index is 13.0. The Morgan fingerprint density at radius 3 is 2.74 bits per heavy atom. The molecule has 0 spiro atoms. The van der Waals surface area contributed by atoms with E-state index in [2.05, 4.69) is 10.2 Å². The lowest BCUT2D eigenvalue weighted by atomic mass is 10.1. The normalized spacial score (nSPS) is 16.5. The van der Waals surface area contributed by atoms with Crippen molar-refractivity contribution >= 4 is 5.91 Å². The van der Waals surface area contributed by atoms with Gasteiger partial charge < -0.3 is 14.4 Å². The van der Waals surface area contributed by atoms with Crippen molar-refractivity contribution in [2.75, 3.05) is 26.3 Å². The van der Waals surface area contributed by atoms with Crippen molar-refractivity contribution < 1.29 is 18.7 Å². The summed E-state index contributed by atoms with van der Waals surface area (Å²) in [5.41, 5.74) is 3.12. The number of aromatic nitrogens is 4. The number of aryl methyl sites for hydroxylation is 3. The van der Waals surface area contributed by atoms with Gasteiger partial charge in [0.05, 0.1) is 36.7 Å². The summed E-state index contributed by atoms with van der Waals surface area (Å²) < 4.78 is 28.0. The van der Waals surface area contributed by atoms with E-state index in [-0.39, 0.29) is 17.8 Å². The third-order valence-corrected chi connectivity index (χ3v) is 5.36. The molecule has 1 atom stereocenters. The maximum atomic E-state index is 13.0. The molecule has 4 rings (SSSR count). The summed E-state index contributed by atoms with van der Waals surface area (Å²) >= 11 is 0. The molecule has 8 nitrogen and oxygen atoms in total. The van der Waals surface area contributed by atoms with Crippen LogP contribution in [0.4, 0.5) is 4.39 Å². The average molecular weight is 427 g/mol. The van der Waals surface area contributed by atoms with Crippen molar-refractivity contribution in [1.82, 2.24) is 24.5 Å². The number of nitrogens with zero attached hydrogens (tertiary/aromatic N) is 5. The quantitative estimate of drug-likeness (QED) is 0.604. The molecule has 0 radical (unpaired) electrons. The predicted molar refractivity (Wildman–Crippen MR) is 111 cm³/mol. The minimum absolute atomic E-state index is 0.0391. The second kappa shape index (κ2) is 8.89. The summed E-state index contributed by atoms with van der Waals surface area (Å²) in [6, 6.07) is 7.95. The van der Waals surface area contributed by atoms with Crippen LogP contribution in [0.25, 0.3) is 0 Å². The standard InChI is InChI=1S/C22H26FN5O3/c1-15-19(13-26(2)24-15)22(29)28-9-11-31-21(14-28)20-12-17(27(3)25-20)8-10-30-18-6-4-16(23)5-7-18/h4-7,12-13,21H,8-11,14H2,1-3H3/t21-/m0/s1. The van der Waals surface area contributed by atoms with Crippen LogP contribution >= 0.6 is 0 Å². The van der Waals surface area contributed by atoms with Gasteiger partial charge in [0.2, 0.25) is 0 Å². The van der Waals surface area contributed by atoms with E-state index in [1.807, 2.05) is 20.0 Å². The molecule has 0 unspecified atom stereocenters. The van der Waals surface area contributed by atoms with Crippen LogP contribution in [0.2, 0.25) is 0 Å². The van der Waals surface area contributed by atoms with E-state index in [4.69, 9.17) is 9.47 Å². The number of carbonyl (C=O) groups excluding carboxylic acids is 1. The fourth-order valence-corrected chi connectivity index (χ4v) is 3.72. The number of halogens is 1. The summed E-state index contributed by atoms with van der Waals surface area (Å²) in [7, 11) is 3.68. The number of amides is 1. The van der Waals surface area contributed by atoms with E-state index in [1.54, 1.807) is 39.6 Å².